The Labute approximate surface area is 214 Å². The van der Waals surface area contributed by atoms with Gasteiger partial charge in [-0.2, -0.15) is 0 Å². The molecule has 36 heavy (non-hydrogen) atoms. The van der Waals surface area contributed by atoms with Crippen LogP contribution in [0.4, 0.5) is 0 Å². The molecule has 0 aromatic heterocycles. The van der Waals surface area contributed by atoms with E-state index in [4.69, 9.17) is 0 Å². The molecule has 2 heterocycles. The van der Waals surface area contributed by atoms with Crippen LogP contribution in [0.25, 0.3) is 0 Å². The number of hydrogen-bond donors (Lipinski definition) is 3. The van der Waals surface area contributed by atoms with E-state index >= 15 is 0 Å². The fraction of sp³-hybridized carbons (Fsp3) is 0.630. The van der Waals surface area contributed by atoms with Crippen LogP contribution < -0.4 is 16.0 Å². The molecule has 9 nitrogen and oxygen atoms in total. The van der Waals surface area contributed by atoms with Crippen molar-refractivity contribution in [2.24, 2.45) is 5.92 Å². The number of rotatable bonds is 8. The van der Waals surface area contributed by atoms with Gasteiger partial charge in [-0.3, -0.25) is 19.2 Å². The summed E-state index contributed by atoms with van der Waals surface area (Å²) in [6.07, 6.45) is 1.83. The van der Waals surface area contributed by atoms with E-state index in [0.717, 1.165) is 5.56 Å². The molecular weight excluding hydrogens is 458 g/mol. The minimum atomic E-state index is -1.07. The number of amides is 4. The molecule has 2 aliphatic heterocycles. The normalized spacial score (nSPS) is 23.9. The number of likely N-dealkylation sites (N-methyl/N-ethyl adjacent to an activating group) is 1. The predicted molar refractivity (Wildman–Crippen MR) is 138 cm³/mol. The monoisotopic (exact) mass is 499 g/mol. The topological polar surface area (TPSA) is 111 Å². The van der Waals surface area contributed by atoms with Crippen LogP contribution in [0.1, 0.15) is 65.0 Å². The highest BCUT2D eigenvalue weighted by Gasteiger charge is 2.52. The molecule has 1 aromatic rings. The Morgan fingerprint density at radius 2 is 1.75 bits per heavy atom. The Bertz CT molecular complexity index is 953. The second-order valence-corrected chi connectivity index (χ2v) is 10.5. The zero-order valence-electron chi connectivity index (χ0n) is 22.2. The van der Waals surface area contributed by atoms with E-state index in [9.17, 15) is 19.2 Å². The summed E-state index contributed by atoms with van der Waals surface area (Å²) < 4.78 is 0. The molecular formula is C27H41N5O4. The van der Waals surface area contributed by atoms with Crippen LogP contribution in [0.5, 0.6) is 0 Å². The van der Waals surface area contributed by atoms with Crippen molar-refractivity contribution in [1.82, 2.24) is 25.8 Å². The van der Waals surface area contributed by atoms with Crippen LogP contribution in [-0.4, -0.2) is 77.7 Å². The molecule has 2 aliphatic rings. The highest BCUT2D eigenvalue weighted by molar-refractivity contribution is 5.96. The Kier molecular flexibility index (Phi) is 9.11. The molecule has 0 radical (unpaired) electrons. The smallest absolute Gasteiger partial charge is 0.247 e. The summed E-state index contributed by atoms with van der Waals surface area (Å²) in [5, 5.41) is 8.95. The number of carbonyl (C=O) groups is 4. The van der Waals surface area contributed by atoms with Gasteiger partial charge in [0.25, 0.3) is 0 Å². The maximum absolute atomic E-state index is 13.9. The largest absolute Gasteiger partial charge is 0.348 e. The fourth-order valence-electron chi connectivity index (χ4n) is 5.19. The Balaban J connectivity index is 1.91. The molecule has 1 aromatic carbocycles. The summed E-state index contributed by atoms with van der Waals surface area (Å²) in [7, 11) is 1.71. The molecule has 198 valence electrons. The van der Waals surface area contributed by atoms with Crippen molar-refractivity contribution in [3.63, 3.8) is 0 Å². The zero-order chi connectivity index (χ0) is 26.5. The highest BCUT2D eigenvalue weighted by atomic mass is 16.2. The van der Waals surface area contributed by atoms with Gasteiger partial charge in [0.1, 0.15) is 11.6 Å². The van der Waals surface area contributed by atoms with E-state index in [1.807, 2.05) is 51.1 Å². The standard InChI is InChI=1S/C27H41N5O4/c1-18(2)16-23(33)30-22-17-31(24(34)20(4)28-5)15-13-27(12-9-14-32(27)25(22)35)26(36)29-19(3)21-10-7-6-8-11-21/h6-8,10-11,18-20,22,28H,9,12-17H2,1-5H3,(H,29,36)(H,30,33). The van der Waals surface area contributed by atoms with Crippen molar-refractivity contribution in [2.45, 2.75) is 77.0 Å². The third-order valence-corrected chi connectivity index (χ3v) is 7.36. The second kappa shape index (κ2) is 11.9. The average Bonchev–Trinajstić information content (AvgIpc) is 3.28. The first-order chi connectivity index (χ1) is 17.1. The van der Waals surface area contributed by atoms with Crippen LogP contribution in [-0.2, 0) is 19.2 Å². The van der Waals surface area contributed by atoms with E-state index < -0.39 is 17.6 Å². The van der Waals surface area contributed by atoms with Gasteiger partial charge in [-0.05, 0) is 51.6 Å². The number of carbonyl (C=O) groups excluding carboxylic acids is 4. The quantitative estimate of drug-likeness (QED) is 0.503. The molecule has 4 amide bonds. The molecule has 3 rings (SSSR count). The Hall–Kier alpha value is -2.94. The van der Waals surface area contributed by atoms with Gasteiger partial charge >= 0.3 is 0 Å². The van der Waals surface area contributed by atoms with Crippen LogP contribution in [0.3, 0.4) is 0 Å². The molecule has 0 aliphatic carbocycles. The minimum absolute atomic E-state index is 0.0855. The molecule has 2 fully saturated rings. The van der Waals surface area contributed by atoms with Gasteiger partial charge in [-0.25, -0.2) is 0 Å². The SMILES string of the molecule is CNC(C)C(=O)N1CCC2(C(=O)NC(C)c3ccccc3)CCCN2C(=O)C(NC(=O)CC(C)C)C1. The maximum atomic E-state index is 13.9. The third kappa shape index (κ3) is 6.06. The lowest BCUT2D eigenvalue weighted by molar-refractivity contribution is -0.152. The summed E-state index contributed by atoms with van der Waals surface area (Å²) in [4.78, 5) is 56.8. The highest BCUT2D eigenvalue weighted by Crippen LogP contribution is 2.36. The van der Waals surface area contributed by atoms with Gasteiger partial charge in [0.05, 0.1) is 12.1 Å². The van der Waals surface area contributed by atoms with Gasteiger partial charge in [-0.1, -0.05) is 44.2 Å². The van der Waals surface area contributed by atoms with Crippen LogP contribution in [0, 0.1) is 5.92 Å². The van der Waals surface area contributed by atoms with Crippen LogP contribution in [0.2, 0.25) is 0 Å². The third-order valence-electron chi connectivity index (χ3n) is 7.36. The zero-order valence-corrected chi connectivity index (χ0v) is 22.2. The summed E-state index contributed by atoms with van der Waals surface area (Å²) in [5.41, 5.74) is -0.0920. The van der Waals surface area contributed by atoms with Gasteiger partial charge in [0.2, 0.25) is 23.6 Å². The van der Waals surface area contributed by atoms with Crippen molar-refractivity contribution < 1.29 is 19.2 Å². The summed E-state index contributed by atoms with van der Waals surface area (Å²) in [6.45, 7) is 8.42. The average molecular weight is 500 g/mol. The van der Waals surface area contributed by atoms with E-state index in [0.29, 0.717) is 32.4 Å². The number of fused-ring (bicyclic) bond motifs is 1. The fourth-order valence-corrected chi connectivity index (χ4v) is 5.19. The molecule has 0 saturated carbocycles. The predicted octanol–water partition coefficient (Wildman–Crippen LogP) is 1.60. The van der Waals surface area contributed by atoms with Gasteiger partial charge in [-0.15, -0.1) is 0 Å². The molecule has 4 unspecified atom stereocenters. The Morgan fingerprint density at radius 1 is 1.06 bits per heavy atom. The van der Waals surface area contributed by atoms with Crippen LogP contribution >= 0.6 is 0 Å². The Morgan fingerprint density at radius 3 is 2.39 bits per heavy atom. The molecule has 2 saturated heterocycles. The van der Waals surface area contributed by atoms with E-state index in [-0.39, 0.29) is 48.6 Å². The molecule has 4 atom stereocenters. The summed E-state index contributed by atoms with van der Waals surface area (Å²) in [6, 6.07) is 8.10. The van der Waals surface area contributed by atoms with Crippen LogP contribution in [0.15, 0.2) is 30.3 Å². The maximum Gasteiger partial charge on any atom is 0.247 e. The second-order valence-electron chi connectivity index (χ2n) is 10.5. The number of nitrogens with zero attached hydrogens (tertiary/aromatic N) is 2. The molecule has 0 spiro atoms. The van der Waals surface area contributed by atoms with Gasteiger partial charge in [0.15, 0.2) is 0 Å². The van der Waals surface area contributed by atoms with Crippen molar-refractivity contribution in [3.05, 3.63) is 35.9 Å². The molecule has 3 N–H and O–H groups in total. The van der Waals surface area contributed by atoms with E-state index in [2.05, 4.69) is 16.0 Å². The first kappa shape index (κ1) is 27.6. The summed E-state index contributed by atoms with van der Waals surface area (Å²) >= 11 is 0. The van der Waals surface area contributed by atoms with E-state index in [1.54, 1.807) is 23.8 Å². The minimum Gasteiger partial charge on any atom is -0.348 e. The van der Waals surface area contributed by atoms with Gasteiger partial charge in [0, 0.05) is 26.1 Å². The molecule has 9 heteroatoms. The first-order valence-corrected chi connectivity index (χ1v) is 13.0. The van der Waals surface area contributed by atoms with Gasteiger partial charge < -0.3 is 25.8 Å². The number of nitrogens with one attached hydrogen (secondary N) is 3. The van der Waals surface area contributed by atoms with Crippen molar-refractivity contribution in [2.75, 3.05) is 26.7 Å². The van der Waals surface area contributed by atoms with E-state index in [1.165, 1.54) is 0 Å². The lowest BCUT2D eigenvalue weighted by atomic mass is 9.88. The summed E-state index contributed by atoms with van der Waals surface area (Å²) in [5.74, 6) is -0.778. The van der Waals surface area contributed by atoms with Crippen molar-refractivity contribution >= 4 is 23.6 Å². The first-order valence-electron chi connectivity index (χ1n) is 13.0. The lowest BCUT2D eigenvalue weighted by Gasteiger charge is -2.44. The lowest BCUT2D eigenvalue weighted by Crippen LogP contribution is -2.66. The van der Waals surface area contributed by atoms with Crippen molar-refractivity contribution in [3.8, 4) is 0 Å². The molecule has 0 bridgehead atoms. The number of hydrogen-bond acceptors (Lipinski definition) is 5. The van der Waals surface area contributed by atoms with Crippen molar-refractivity contribution in [1.29, 1.82) is 0 Å². The number of benzene rings is 1.